The highest BCUT2D eigenvalue weighted by atomic mass is 16.5. The van der Waals surface area contributed by atoms with E-state index >= 15 is 0 Å². The summed E-state index contributed by atoms with van der Waals surface area (Å²) in [5.74, 6) is 0.850. The topological polar surface area (TPSA) is 38.7 Å². The minimum absolute atomic E-state index is 0.0793. The quantitative estimate of drug-likeness (QED) is 0.687. The van der Waals surface area contributed by atoms with Gasteiger partial charge in [-0.25, -0.2) is 0 Å². The lowest BCUT2D eigenvalue weighted by Gasteiger charge is -2.21. The monoisotopic (exact) mass is 252 g/mol. The SMILES string of the molecule is CCCC(O)C(CC)OCCOc1ccccc1. The standard InChI is InChI=1S/C15H24O3/c1-3-8-14(16)15(4-2)18-12-11-17-13-9-6-5-7-10-13/h5-7,9-10,14-16H,3-4,8,11-12H2,1-2H3. The first-order valence-electron chi connectivity index (χ1n) is 6.75. The molecule has 0 saturated heterocycles. The molecule has 3 nitrogen and oxygen atoms in total. The highest BCUT2D eigenvalue weighted by molar-refractivity contribution is 5.20. The van der Waals surface area contributed by atoms with Crippen molar-refractivity contribution in [3.8, 4) is 5.75 Å². The molecule has 0 fully saturated rings. The molecule has 1 rings (SSSR count). The molecule has 0 bridgehead atoms. The van der Waals surface area contributed by atoms with Crippen LogP contribution in [-0.4, -0.2) is 30.5 Å². The van der Waals surface area contributed by atoms with Gasteiger partial charge < -0.3 is 14.6 Å². The second kappa shape index (κ2) is 8.95. The van der Waals surface area contributed by atoms with Crippen LogP contribution in [0.2, 0.25) is 0 Å². The third-order valence-electron chi connectivity index (χ3n) is 2.84. The minimum atomic E-state index is -0.364. The van der Waals surface area contributed by atoms with Gasteiger partial charge in [-0.15, -0.1) is 0 Å². The van der Waals surface area contributed by atoms with Gasteiger partial charge in [0.2, 0.25) is 0 Å². The summed E-state index contributed by atoms with van der Waals surface area (Å²) in [5.41, 5.74) is 0. The van der Waals surface area contributed by atoms with E-state index in [1.165, 1.54) is 0 Å². The van der Waals surface area contributed by atoms with Crippen molar-refractivity contribution in [2.24, 2.45) is 0 Å². The highest BCUT2D eigenvalue weighted by Crippen LogP contribution is 2.11. The maximum Gasteiger partial charge on any atom is 0.119 e. The molecule has 3 heteroatoms. The van der Waals surface area contributed by atoms with E-state index in [9.17, 15) is 5.11 Å². The van der Waals surface area contributed by atoms with Crippen molar-refractivity contribution >= 4 is 0 Å². The molecule has 2 unspecified atom stereocenters. The van der Waals surface area contributed by atoms with E-state index < -0.39 is 0 Å². The molecule has 0 aliphatic heterocycles. The van der Waals surface area contributed by atoms with Gasteiger partial charge in [0.15, 0.2) is 0 Å². The molecule has 0 aliphatic carbocycles. The number of para-hydroxylation sites is 1. The molecule has 1 aromatic carbocycles. The summed E-state index contributed by atoms with van der Waals surface area (Å²) in [6.07, 6.45) is 2.15. The Hall–Kier alpha value is -1.06. The van der Waals surface area contributed by atoms with Crippen molar-refractivity contribution in [1.29, 1.82) is 0 Å². The summed E-state index contributed by atoms with van der Waals surface area (Å²) in [4.78, 5) is 0. The third kappa shape index (κ3) is 5.52. The lowest BCUT2D eigenvalue weighted by atomic mass is 10.1. The predicted octanol–water partition coefficient (Wildman–Crippen LogP) is 3.02. The van der Waals surface area contributed by atoms with Gasteiger partial charge in [-0.1, -0.05) is 38.5 Å². The van der Waals surface area contributed by atoms with E-state index in [0.29, 0.717) is 13.2 Å². The normalized spacial score (nSPS) is 14.2. The van der Waals surface area contributed by atoms with Gasteiger partial charge in [-0.2, -0.15) is 0 Å². The first-order valence-corrected chi connectivity index (χ1v) is 6.75. The Labute approximate surface area is 110 Å². The van der Waals surface area contributed by atoms with Crippen molar-refractivity contribution in [3.05, 3.63) is 30.3 Å². The Kier molecular flexibility index (Phi) is 7.46. The van der Waals surface area contributed by atoms with E-state index in [-0.39, 0.29) is 12.2 Å². The maximum absolute atomic E-state index is 9.86. The molecule has 0 aromatic heterocycles. The number of benzene rings is 1. The first-order chi connectivity index (χ1) is 8.77. The smallest absolute Gasteiger partial charge is 0.119 e. The third-order valence-corrected chi connectivity index (χ3v) is 2.84. The number of rotatable bonds is 9. The van der Waals surface area contributed by atoms with Crippen LogP contribution in [0.4, 0.5) is 0 Å². The van der Waals surface area contributed by atoms with E-state index in [0.717, 1.165) is 25.0 Å². The van der Waals surface area contributed by atoms with Crippen LogP contribution in [0.1, 0.15) is 33.1 Å². The molecule has 0 spiro atoms. The van der Waals surface area contributed by atoms with Gasteiger partial charge in [0.25, 0.3) is 0 Å². The van der Waals surface area contributed by atoms with Gasteiger partial charge in [0, 0.05) is 0 Å². The Morgan fingerprint density at radius 2 is 1.83 bits per heavy atom. The van der Waals surface area contributed by atoms with E-state index in [1.54, 1.807) is 0 Å². The molecule has 0 aliphatic rings. The van der Waals surface area contributed by atoms with E-state index in [1.807, 2.05) is 37.3 Å². The molecule has 1 N–H and O–H groups in total. The van der Waals surface area contributed by atoms with E-state index in [4.69, 9.17) is 9.47 Å². The Morgan fingerprint density at radius 3 is 2.44 bits per heavy atom. The van der Waals surface area contributed by atoms with Gasteiger partial charge in [-0.3, -0.25) is 0 Å². The number of ether oxygens (including phenoxy) is 2. The number of aliphatic hydroxyl groups is 1. The Bertz CT molecular complexity index is 300. The van der Waals surface area contributed by atoms with Crippen molar-refractivity contribution in [2.45, 2.75) is 45.3 Å². The molecule has 0 heterocycles. The molecule has 0 amide bonds. The molecule has 2 atom stereocenters. The molecule has 102 valence electrons. The minimum Gasteiger partial charge on any atom is -0.491 e. The van der Waals surface area contributed by atoms with Crippen LogP contribution in [0.15, 0.2) is 30.3 Å². The van der Waals surface area contributed by atoms with Gasteiger partial charge in [-0.05, 0) is 25.0 Å². The average molecular weight is 252 g/mol. The summed E-state index contributed by atoms with van der Waals surface area (Å²) < 4.78 is 11.2. The second-order valence-corrected chi connectivity index (χ2v) is 4.34. The second-order valence-electron chi connectivity index (χ2n) is 4.34. The molecule has 18 heavy (non-hydrogen) atoms. The number of hydrogen-bond acceptors (Lipinski definition) is 3. The molecule has 0 radical (unpaired) electrons. The summed E-state index contributed by atoms with van der Waals surface area (Å²) in [7, 11) is 0. The van der Waals surface area contributed by atoms with Crippen molar-refractivity contribution < 1.29 is 14.6 Å². The summed E-state index contributed by atoms with van der Waals surface area (Å²) in [5, 5.41) is 9.86. The summed E-state index contributed by atoms with van der Waals surface area (Å²) >= 11 is 0. The summed E-state index contributed by atoms with van der Waals surface area (Å²) in [6.45, 7) is 5.11. The largest absolute Gasteiger partial charge is 0.491 e. The fourth-order valence-electron chi connectivity index (χ4n) is 1.86. The van der Waals surface area contributed by atoms with Crippen molar-refractivity contribution in [3.63, 3.8) is 0 Å². The van der Waals surface area contributed by atoms with Gasteiger partial charge in [0.05, 0.1) is 18.8 Å². The highest BCUT2D eigenvalue weighted by Gasteiger charge is 2.16. The zero-order valence-corrected chi connectivity index (χ0v) is 11.3. The molecular weight excluding hydrogens is 228 g/mol. The van der Waals surface area contributed by atoms with Crippen LogP contribution in [0.3, 0.4) is 0 Å². The fraction of sp³-hybridized carbons (Fsp3) is 0.600. The van der Waals surface area contributed by atoms with Crippen LogP contribution in [0.25, 0.3) is 0 Å². The summed E-state index contributed by atoms with van der Waals surface area (Å²) in [6, 6.07) is 9.68. The maximum atomic E-state index is 9.86. The van der Waals surface area contributed by atoms with Crippen LogP contribution in [0, 0.1) is 0 Å². The van der Waals surface area contributed by atoms with Crippen molar-refractivity contribution in [2.75, 3.05) is 13.2 Å². The predicted molar refractivity (Wildman–Crippen MR) is 72.9 cm³/mol. The average Bonchev–Trinajstić information content (AvgIpc) is 2.40. The number of aliphatic hydroxyl groups excluding tert-OH is 1. The van der Waals surface area contributed by atoms with Crippen LogP contribution in [-0.2, 0) is 4.74 Å². The van der Waals surface area contributed by atoms with Crippen LogP contribution < -0.4 is 4.74 Å². The van der Waals surface area contributed by atoms with Gasteiger partial charge in [0.1, 0.15) is 12.4 Å². The molecule has 1 aromatic rings. The van der Waals surface area contributed by atoms with E-state index in [2.05, 4.69) is 6.92 Å². The number of hydrogen-bond donors (Lipinski definition) is 1. The zero-order valence-electron chi connectivity index (χ0n) is 11.3. The first kappa shape index (κ1) is 15.0. The lowest BCUT2D eigenvalue weighted by molar-refractivity contribution is -0.0494. The Morgan fingerprint density at radius 1 is 1.11 bits per heavy atom. The van der Waals surface area contributed by atoms with Gasteiger partial charge >= 0.3 is 0 Å². The van der Waals surface area contributed by atoms with Crippen LogP contribution >= 0.6 is 0 Å². The fourth-order valence-corrected chi connectivity index (χ4v) is 1.86. The zero-order chi connectivity index (χ0) is 13.2. The lowest BCUT2D eigenvalue weighted by Crippen LogP contribution is -2.29. The van der Waals surface area contributed by atoms with Crippen molar-refractivity contribution in [1.82, 2.24) is 0 Å². The molecule has 0 saturated carbocycles. The Balaban J connectivity index is 2.19. The molecular formula is C15H24O3. The van der Waals surface area contributed by atoms with Crippen LogP contribution in [0.5, 0.6) is 5.75 Å².